The Labute approximate surface area is 157 Å². The molecule has 0 aromatic heterocycles. The fraction of sp³-hybridized carbons (Fsp3) is 0.286. The van der Waals surface area contributed by atoms with Crippen LogP contribution in [0.15, 0.2) is 72.1 Å². The van der Waals surface area contributed by atoms with E-state index in [1.165, 1.54) is 5.56 Å². The molecule has 2 rings (SSSR count). The highest BCUT2D eigenvalue weighted by Gasteiger charge is 2.02. The Kier molecular flexibility index (Phi) is 7.55. The number of benzene rings is 2. The summed E-state index contributed by atoms with van der Waals surface area (Å²) in [6.07, 6.45) is 3.89. The van der Waals surface area contributed by atoms with Gasteiger partial charge in [0.15, 0.2) is 0 Å². The van der Waals surface area contributed by atoms with Gasteiger partial charge in [-0.25, -0.2) is 0 Å². The van der Waals surface area contributed by atoms with Gasteiger partial charge in [-0.1, -0.05) is 30.3 Å². The molecule has 0 saturated heterocycles. The summed E-state index contributed by atoms with van der Waals surface area (Å²) in [4.78, 5) is 2.08. The standard InChI is InChI=1S/C21H29N5/c1-18(17-25(3)15-14-22-2)24-26(4)21-12-10-20(11-13-21)23-16-19-8-6-5-7-9-19/h5-15,22-23H,16-17H2,1-4H3/b15-14-,24-18+. The number of nitrogens with one attached hydrogen (secondary N) is 2. The zero-order chi connectivity index (χ0) is 18.8. The molecule has 0 aliphatic heterocycles. The summed E-state index contributed by atoms with van der Waals surface area (Å²) in [6.45, 7) is 3.63. The first-order valence-corrected chi connectivity index (χ1v) is 8.78. The van der Waals surface area contributed by atoms with Crippen molar-refractivity contribution in [3.05, 3.63) is 72.6 Å². The number of hydrazone groups is 1. The van der Waals surface area contributed by atoms with Crippen molar-refractivity contribution in [2.75, 3.05) is 38.0 Å². The lowest BCUT2D eigenvalue weighted by molar-refractivity contribution is 0.519. The molecule has 0 atom stereocenters. The summed E-state index contributed by atoms with van der Waals surface area (Å²) in [6, 6.07) is 18.7. The molecule has 0 radical (unpaired) electrons. The number of rotatable bonds is 9. The molecule has 26 heavy (non-hydrogen) atoms. The maximum Gasteiger partial charge on any atom is 0.0592 e. The number of nitrogens with zero attached hydrogens (tertiary/aromatic N) is 3. The molecule has 0 bridgehead atoms. The highest BCUT2D eigenvalue weighted by Crippen LogP contribution is 2.18. The van der Waals surface area contributed by atoms with Gasteiger partial charge in [-0.15, -0.1) is 0 Å². The van der Waals surface area contributed by atoms with E-state index in [4.69, 9.17) is 0 Å². The molecular formula is C21H29N5. The Morgan fingerprint density at radius 2 is 1.73 bits per heavy atom. The van der Waals surface area contributed by atoms with Crippen LogP contribution < -0.4 is 15.6 Å². The summed E-state index contributed by atoms with van der Waals surface area (Å²) in [5.41, 5.74) is 4.47. The van der Waals surface area contributed by atoms with Crippen LogP contribution in [0.3, 0.4) is 0 Å². The van der Waals surface area contributed by atoms with Crippen molar-refractivity contribution in [3.8, 4) is 0 Å². The molecular weight excluding hydrogens is 322 g/mol. The van der Waals surface area contributed by atoms with Gasteiger partial charge in [0.2, 0.25) is 0 Å². The maximum atomic E-state index is 4.65. The van der Waals surface area contributed by atoms with E-state index in [-0.39, 0.29) is 0 Å². The van der Waals surface area contributed by atoms with E-state index in [1.807, 2.05) is 51.5 Å². The Hall–Kier alpha value is -2.95. The number of anilines is 2. The van der Waals surface area contributed by atoms with Gasteiger partial charge in [0.1, 0.15) is 0 Å². The van der Waals surface area contributed by atoms with Gasteiger partial charge in [-0.05, 0) is 36.8 Å². The number of hydrogen-bond acceptors (Lipinski definition) is 5. The molecule has 0 aliphatic rings. The van der Waals surface area contributed by atoms with E-state index in [1.54, 1.807) is 0 Å². The van der Waals surface area contributed by atoms with Crippen LogP contribution in [0.5, 0.6) is 0 Å². The first-order chi connectivity index (χ1) is 12.6. The van der Waals surface area contributed by atoms with Crippen molar-refractivity contribution in [1.82, 2.24) is 10.2 Å². The van der Waals surface area contributed by atoms with Crippen LogP contribution in [-0.4, -0.2) is 38.3 Å². The fourth-order valence-corrected chi connectivity index (χ4v) is 2.56. The summed E-state index contributed by atoms with van der Waals surface area (Å²) in [5, 5.41) is 13.0. The lowest BCUT2D eigenvalue weighted by Crippen LogP contribution is -2.22. The Bertz CT molecular complexity index is 707. The molecule has 5 heteroatoms. The smallest absolute Gasteiger partial charge is 0.0592 e. The molecule has 2 N–H and O–H groups in total. The first-order valence-electron chi connectivity index (χ1n) is 8.78. The molecule has 0 saturated carbocycles. The normalized spacial score (nSPS) is 11.5. The lowest BCUT2D eigenvalue weighted by Gasteiger charge is -2.18. The van der Waals surface area contributed by atoms with Crippen LogP contribution in [0.2, 0.25) is 0 Å². The molecule has 0 fully saturated rings. The largest absolute Gasteiger partial charge is 0.393 e. The zero-order valence-corrected chi connectivity index (χ0v) is 16.1. The topological polar surface area (TPSA) is 42.9 Å². The van der Waals surface area contributed by atoms with Crippen LogP contribution in [0.4, 0.5) is 11.4 Å². The summed E-state index contributed by atoms with van der Waals surface area (Å²) >= 11 is 0. The fourth-order valence-electron chi connectivity index (χ4n) is 2.56. The van der Waals surface area contributed by atoms with Gasteiger partial charge in [0.05, 0.1) is 17.9 Å². The minimum atomic E-state index is 0.777. The monoisotopic (exact) mass is 351 g/mol. The minimum absolute atomic E-state index is 0.777. The van der Waals surface area contributed by atoms with E-state index < -0.39 is 0 Å². The van der Waals surface area contributed by atoms with Crippen LogP contribution in [-0.2, 0) is 6.54 Å². The van der Waals surface area contributed by atoms with Gasteiger partial charge >= 0.3 is 0 Å². The second-order valence-electron chi connectivity index (χ2n) is 6.26. The van der Waals surface area contributed by atoms with E-state index in [9.17, 15) is 0 Å². The molecule has 0 spiro atoms. The van der Waals surface area contributed by atoms with E-state index >= 15 is 0 Å². The number of hydrogen-bond donors (Lipinski definition) is 2. The summed E-state index contributed by atoms with van der Waals surface area (Å²) in [5.74, 6) is 0. The SMILES string of the molecule is CN/C=C\N(C)C/C(C)=N/N(C)c1ccc(NCc2ccccc2)cc1. The molecule has 138 valence electrons. The molecule has 0 aliphatic carbocycles. The second-order valence-corrected chi connectivity index (χ2v) is 6.26. The van der Waals surface area contributed by atoms with Crippen LogP contribution in [0, 0.1) is 0 Å². The van der Waals surface area contributed by atoms with Gasteiger partial charge in [-0.3, -0.25) is 5.01 Å². The van der Waals surface area contributed by atoms with Crippen molar-refractivity contribution in [2.24, 2.45) is 5.10 Å². The Morgan fingerprint density at radius 1 is 1.04 bits per heavy atom. The van der Waals surface area contributed by atoms with Gasteiger partial charge in [0, 0.05) is 45.8 Å². The average Bonchev–Trinajstić information content (AvgIpc) is 2.65. The van der Waals surface area contributed by atoms with Crippen molar-refractivity contribution >= 4 is 17.1 Å². The third-order valence-corrected chi connectivity index (χ3v) is 3.88. The van der Waals surface area contributed by atoms with Crippen molar-refractivity contribution in [2.45, 2.75) is 13.5 Å². The summed E-state index contributed by atoms with van der Waals surface area (Å²) in [7, 11) is 5.89. The van der Waals surface area contributed by atoms with Crippen molar-refractivity contribution in [1.29, 1.82) is 0 Å². The highest BCUT2D eigenvalue weighted by molar-refractivity contribution is 5.84. The molecule has 2 aromatic carbocycles. The molecule has 0 heterocycles. The first kappa shape index (κ1) is 19.4. The van der Waals surface area contributed by atoms with E-state index in [2.05, 4.69) is 69.2 Å². The highest BCUT2D eigenvalue weighted by atomic mass is 15.4. The predicted octanol–water partition coefficient (Wildman–Crippen LogP) is 3.73. The zero-order valence-electron chi connectivity index (χ0n) is 16.1. The third-order valence-electron chi connectivity index (χ3n) is 3.88. The Balaban J connectivity index is 1.90. The lowest BCUT2D eigenvalue weighted by atomic mass is 10.2. The Morgan fingerprint density at radius 3 is 2.38 bits per heavy atom. The minimum Gasteiger partial charge on any atom is -0.393 e. The van der Waals surface area contributed by atoms with Gasteiger partial charge in [-0.2, -0.15) is 5.10 Å². The quantitative estimate of drug-likeness (QED) is 0.534. The maximum absolute atomic E-state index is 4.65. The molecule has 0 unspecified atom stereocenters. The molecule has 2 aromatic rings. The second kappa shape index (κ2) is 10.1. The summed E-state index contributed by atoms with van der Waals surface area (Å²) < 4.78 is 0. The van der Waals surface area contributed by atoms with Crippen molar-refractivity contribution in [3.63, 3.8) is 0 Å². The van der Waals surface area contributed by atoms with E-state index in [0.717, 1.165) is 30.2 Å². The van der Waals surface area contributed by atoms with Gasteiger partial charge < -0.3 is 15.5 Å². The third kappa shape index (κ3) is 6.51. The molecule has 0 amide bonds. The van der Waals surface area contributed by atoms with Crippen molar-refractivity contribution < 1.29 is 0 Å². The molecule has 5 nitrogen and oxygen atoms in total. The van der Waals surface area contributed by atoms with E-state index in [0.29, 0.717) is 0 Å². The average molecular weight is 351 g/mol. The van der Waals surface area contributed by atoms with Gasteiger partial charge in [0.25, 0.3) is 0 Å². The van der Waals surface area contributed by atoms with Crippen LogP contribution in [0.25, 0.3) is 0 Å². The predicted molar refractivity (Wildman–Crippen MR) is 113 cm³/mol. The van der Waals surface area contributed by atoms with Crippen LogP contribution >= 0.6 is 0 Å². The van der Waals surface area contributed by atoms with Crippen LogP contribution in [0.1, 0.15) is 12.5 Å².